The number of nitrogens with zero attached hydrogens (tertiary/aromatic N) is 2. The molecule has 1 aromatic rings. The van der Waals surface area contributed by atoms with Crippen molar-refractivity contribution in [2.45, 2.75) is 20.5 Å². The molecule has 2 unspecified atom stereocenters. The Balaban J connectivity index is 1.83. The Hall–Kier alpha value is -2.08. The molecule has 0 saturated carbocycles. The van der Waals surface area contributed by atoms with Gasteiger partial charge in [0.25, 0.3) is 0 Å². The summed E-state index contributed by atoms with van der Waals surface area (Å²) in [6.45, 7) is 8.10. The van der Waals surface area contributed by atoms with Gasteiger partial charge in [-0.3, -0.25) is 9.79 Å². The quantitative estimate of drug-likeness (QED) is 0.353. The molecular formula is C19H29N3O3. The lowest BCUT2D eigenvalue weighted by molar-refractivity contribution is -0.145. The van der Waals surface area contributed by atoms with E-state index in [0.717, 1.165) is 24.6 Å². The summed E-state index contributed by atoms with van der Waals surface area (Å²) in [6, 6.07) is 10.1. The number of esters is 1. The molecule has 0 spiro atoms. The molecular weight excluding hydrogens is 318 g/mol. The van der Waals surface area contributed by atoms with E-state index in [4.69, 9.17) is 9.47 Å². The van der Waals surface area contributed by atoms with E-state index in [9.17, 15) is 4.79 Å². The molecule has 6 heteroatoms. The first-order valence-corrected chi connectivity index (χ1v) is 8.88. The second kappa shape index (κ2) is 10.0. The van der Waals surface area contributed by atoms with Crippen molar-refractivity contribution in [2.75, 3.05) is 39.9 Å². The van der Waals surface area contributed by atoms with Crippen molar-refractivity contribution in [3.05, 3.63) is 35.9 Å². The van der Waals surface area contributed by atoms with Gasteiger partial charge in [-0.05, 0) is 18.4 Å². The van der Waals surface area contributed by atoms with Crippen molar-refractivity contribution in [1.29, 1.82) is 0 Å². The summed E-state index contributed by atoms with van der Waals surface area (Å²) in [6.07, 6.45) is 0. The largest absolute Gasteiger partial charge is 0.469 e. The summed E-state index contributed by atoms with van der Waals surface area (Å²) < 4.78 is 10.6. The summed E-state index contributed by atoms with van der Waals surface area (Å²) in [5.41, 5.74) is 1.16. The first-order chi connectivity index (χ1) is 12.2. The summed E-state index contributed by atoms with van der Waals surface area (Å²) in [5, 5.41) is 3.30. The third-order valence-electron chi connectivity index (χ3n) is 4.36. The Kier molecular flexibility index (Phi) is 7.73. The molecule has 1 heterocycles. The minimum atomic E-state index is -0.142. The minimum Gasteiger partial charge on any atom is -0.469 e. The Bertz CT molecular complexity index is 562. The van der Waals surface area contributed by atoms with Crippen molar-refractivity contribution >= 4 is 11.9 Å². The highest BCUT2D eigenvalue weighted by Crippen LogP contribution is 2.24. The van der Waals surface area contributed by atoms with Gasteiger partial charge in [-0.25, -0.2) is 0 Å². The van der Waals surface area contributed by atoms with Gasteiger partial charge in [-0.15, -0.1) is 0 Å². The normalized spacial score (nSPS) is 20.6. The van der Waals surface area contributed by atoms with Crippen LogP contribution in [0, 0.1) is 11.8 Å². The Morgan fingerprint density at radius 3 is 2.76 bits per heavy atom. The fourth-order valence-corrected chi connectivity index (χ4v) is 3.00. The standard InChI is InChI=1S/C19H29N3O3/c1-4-20-19(22-12-15(2)17(13-22)18(23)24-3)21-10-11-25-14-16-8-6-5-7-9-16/h5-9,15,17H,4,10-14H2,1-3H3,(H,20,21). The van der Waals surface area contributed by atoms with E-state index in [2.05, 4.69) is 22.1 Å². The maximum absolute atomic E-state index is 11.9. The summed E-state index contributed by atoms with van der Waals surface area (Å²) in [4.78, 5) is 18.6. The first kappa shape index (κ1) is 19.2. The molecule has 0 amide bonds. The van der Waals surface area contributed by atoms with Crippen LogP contribution in [0.25, 0.3) is 0 Å². The fourth-order valence-electron chi connectivity index (χ4n) is 3.00. The minimum absolute atomic E-state index is 0.0943. The Labute approximate surface area is 150 Å². The van der Waals surface area contributed by atoms with Crippen molar-refractivity contribution < 1.29 is 14.3 Å². The third-order valence-corrected chi connectivity index (χ3v) is 4.36. The van der Waals surface area contributed by atoms with Crippen LogP contribution in [-0.4, -0.2) is 56.7 Å². The SMILES string of the molecule is CCNC(=NCCOCc1ccccc1)N1CC(C)C(C(=O)OC)C1. The number of aliphatic imine (C=N–C) groups is 1. The molecule has 1 N–H and O–H groups in total. The molecule has 1 aliphatic rings. The number of methoxy groups -OCH3 is 1. The number of likely N-dealkylation sites (tertiary alicyclic amines) is 1. The van der Waals surface area contributed by atoms with Gasteiger partial charge in [0, 0.05) is 19.6 Å². The third kappa shape index (κ3) is 5.74. The molecule has 138 valence electrons. The number of ether oxygens (including phenoxy) is 2. The topological polar surface area (TPSA) is 63.2 Å². The molecule has 1 aliphatic heterocycles. The van der Waals surface area contributed by atoms with Gasteiger partial charge in [-0.2, -0.15) is 0 Å². The summed E-state index contributed by atoms with van der Waals surface area (Å²) >= 11 is 0. The lowest BCUT2D eigenvalue weighted by atomic mass is 9.99. The van der Waals surface area contributed by atoms with Crippen molar-refractivity contribution in [3.63, 3.8) is 0 Å². The van der Waals surface area contributed by atoms with Crippen LogP contribution in [0.5, 0.6) is 0 Å². The van der Waals surface area contributed by atoms with E-state index in [1.165, 1.54) is 7.11 Å². The molecule has 0 bridgehead atoms. The van der Waals surface area contributed by atoms with Gasteiger partial charge in [0.05, 0.1) is 32.8 Å². The molecule has 0 aromatic heterocycles. The predicted octanol–water partition coefficient (Wildman–Crippen LogP) is 1.91. The predicted molar refractivity (Wildman–Crippen MR) is 98.3 cm³/mol. The van der Waals surface area contributed by atoms with Crippen LogP contribution in [0.3, 0.4) is 0 Å². The van der Waals surface area contributed by atoms with Gasteiger partial charge >= 0.3 is 5.97 Å². The molecule has 2 rings (SSSR count). The van der Waals surface area contributed by atoms with Gasteiger partial charge in [0.1, 0.15) is 0 Å². The zero-order valence-electron chi connectivity index (χ0n) is 15.4. The average Bonchev–Trinajstić information content (AvgIpc) is 3.02. The van der Waals surface area contributed by atoms with E-state index in [0.29, 0.717) is 26.3 Å². The first-order valence-electron chi connectivity index (χ1n) is 8.88. The van der Waals surface area contributed by atoms with Crippen LogP contribution in [0.15, 0.2) is 35.3 Å². The fraction of sp³-hybridized carbons (Fsp3) is 0.579. The van der Waals surface area contributed by atoms with Crippen LogP contribution in [0.1, 0.15) is 19.4 Å². The number of carbonyl (C=O) groups is 1. The summed E-state index contributed by atoms with van der Waals surface area (Å²) in [7, 11) is 1.45. The van der Waals surface area contributed by atoms with Gasteiger partial charge in [0.2, 0.25) is 0 Å². The Morgan fingerprint density at radius 2 is 2.08 bits per heavy atom. The number of guanidine groups is 1. The van der Waals surface area contributed by atoms with E-state index < -0.39 is 0 Å². The van der Waals surface area contributed by atoms with E-state index in [-0.39, 0.29) is 17.8 Å². The van der Waals surface area contributed by atoms with Crippen LogP contribution >= 0.6 is 0 Å². The number of carbonyl (C=O) groups excluding carboxylic acids is 1. The zero-order valence-corrected chi connectivity index (χ0v) is 15.4. The molecule has 25 heavy (non-hydrogen) atoms. The van der Waals surface area contributed by atoms with Gasteiger partial charge in [-0.1, -0.05) is 37.3 Å². The van der Waals surface area contributed by atoms with Crippen molar-refractivity contribution in [1.82, 2.24) is 10.2 Å². The number of nitrogens with one attached hydrogen (secondary N) is 1. The second-order valence-electron chi connectivity index (χ2n) is 6.29. The molecule has 2 atom stereocenters. The van der Waals surface area contributed by atoms with Crippen LogP contribution in [0.4, 0.5) is 0 Å². The number of hydrogen-bond acceptors (Lipinski definition) is 4. The van der Waals surface area contributed by atoms with Crippen molar-refractivity contribution in [3.8, 4) is 0 Å². The maximum atomic E-state index is 11.9. The van der Waals surface area contributed by atoms with E-state index >= 15 is 0 Å². The monoisotopic (exact) mass is 347 g/mol. The number of hydrogen-bond donors (Lipinski definition) is 1. The van der Waals surface area contributed by atoms with E-state index in [1.54, 1.807) is 0 Å². The maximum Gasteiger partial charge on any atom is 0.310 e. The highest BCUT2D eigenvalue weighted by molar-refractivity contribution is 5.82. The van der Waals surface area contributed by atoms with Crippen molar-refractivity contribution in [2.24, 2.45) is 16.8 Å². The average molecular weight is 347 g/mol. The lowest BCUT2D eigenvalue weighted by Gasteiger charge is -2.21. The molecule has 1 aromatic carbocycles. The van der Waals surface area contributed by atoms with Crippen LogP contribution in [0.2, 0.25) is 0 Å². The second-order valence-corrected chi connectivity index (χ2v) is 6.29. The molecule has 6 nitrogen and oxygen atoms in total. The summed E-state index contributed by atoms with van der Waals surface area (Å²) in [5.74, 6) is 0.856. The van der Waals surface area contributed by atoms with Crippen LogP contribution < -0.4 is 5.32 Å². The molecule has 0 radical (unpaired) electrons. The van der Waals surface area contributed by atoms with E-state index in [1.807, 2.05) is 37.3 Å². The van der Waals surface area contributed by atoms with Gasteiger partial charge < -0.3 is 19.7 Å². The number of benzene rings is 1. The zero-order chi connectivity index (χ0) is 18.1. The smallest absolute Gasteiger partial charge is 0.310 e. The molecule has 1 saturated heterocycles. The Morgan fingerprint density at radius 1 is 1.32 bits per heavy atom. The van der Waals surface area contributed by atoms with Crippen LogP contribution in [-0.2, 0) is 20.9 Å². The number of rotatable bonds is 7. The highest BCUT2D eigenvalue weighted by atomic mass is 16.5. The lowest BCUT2D eigenvalue weighted by Crippen LogP contribution is -2.40. The molecule has 1 fully saturated rings. The molecule has 0 aliphatic carbocycles. The highest BCUT2D eigenvalue weighted by Gasteiger charge is 2.36. The van der Waals surface area contributed by atoms with Gasteiger partial charge in [0.15, 0.2) is 5.96 Å².